The van der Waals surface area contributed by atoms with Gasteiger partial charge < -0.3 is 10.4 Å². The molecular weight excluding hydrogens is 414 g/mol. The number of nitriles is 1. The van der Waals surface area contributed by atoms with E-state index in [1.807, 2.05) is 42.6 Å². The highest BCUT2D eigenvalue weighted by molar-refractivity contribution is 5.95. The van der Waals surface area contributed by atoms with E-state index in [2.05, 4.69) is 26.7 Å². The summed E-state index contributed by atoms with van der Waals surface area (Å²) in [6.45, 7) is 0.709. The van der Waals surface area contributed by atoms with Gasteiger partial charge in [0.05, 0.1) is 0 Å². The molecule has 172 valence electrons. The largest absolute Gasteiger partial charge is 0.481 e. The summed E-state index contributed by atoms with van der Waals surface area (Å²) >= 11 is 0. The molecule has 0 radical (unpaired) electrons. The lowest BCUT2D eigenvalue weighted by atomic mass is 9.89. The zero-order valence-electron chi connectivity index (χ0n) is 18.8. The number of aliphatic imine (C=N–C) groups is 1. The Labute approximate surface area is 195 Å². The zero-order valence-corrected chi connectivity index (χ0v) is 18.8. The van der Waals surface area contributed by atoms with Crippen LogP contribution in [0.25, 0.3) is 5.57 Å². The Kier molecular flexibility index (Phi) is 9.46. The van der Waals surface area contributed by atoms with E-state index in [0.717, 1.165) is 22.4 Å². The predicted octanol–water partition coefficient (Wildman–Crippen LogP) is 5.19. The van der Waals surface area contributed by atoms with Gasteiger partial charge in [-0.15, -0.1) is 0 Å². The van der Waals surface area contributed by atoms with Gasteiger partial charge >= 0.3 is 5.97 Å². The summed E-state index contributed by atoms with van der Waals surface area (Å²) in [5.74, 6) is 0.240. The van der Waals surface area contributed by atoms with Gasteiger partial charge in [-0.3, -0.25) is 20.1 Å². The van der Waals surface area contributed by atoms with Crippen molar-refractivity contribution in [2.45, 2.75) is 51.4 Å². The van der Waals surface area contributed by atoms with Gasteiger partial charge in [0, 0.05) is 36.6 Å². The molecule has 7 nitrogen and oxygen atoms in total. The lowest BCUT2D eigenvalue weighted by molar-refractivity contribution is -0.137. The van der Waals surface area contributed by atoms with Crippen LogP contribution in [0.5, 0.6) is 0 Å². The number of guanidine groups is 1. The molecule has 0 atom stereocenters. The number of carboxylic acid groups (broad SMARTS) is 1. The molecule has 1 fully saturated rings. The number of aromatic nitrogens is 1. The first kappa shape index (κ1) is 24.0. The van der Waals surface area contributed by atoms with E-state index in [9.17, 15) is 4.79 Å². The van der Waals surface area contributed by atoms with E-state index >= 15 is 0 Å². The van der Waals surface area contributed by atoms with Gasteiger partial charge in [-0.1, -0.05) is 43.5 Å². The SMILES string of the molecule is N#CNC(=NCC1CCCCC1)Nc1cccc(/C(=C\CCCC(=O)O)c2cccnc2)c1. The summed E-state index contributed by atoms with van der Waals surface area (Å²) in [6, 6.07) is 11.8. The number of nitrogens with zero attached hydrogens (tertiary/aromatic N) is 3. The number of pyridine rings is 1. The van der Waals surface area contributed by atoms with Crippen molar-refractivity contribution in [1.29, 1.82) is 5.26 Å². The number of benzene rings is 1. The maximum Gasteiger partial charge on any atom is 0.303 e. The summed E-state index contributed by atoms with van der Waals surface area (Å²) < 4.78 is 0. The van der Waals surface area contributed by atoms with Gasteiger partial charge in [-0.25, -0.2) is 0 Å². The van der Waals surface area contributed by atoms with Crippen LogP contribution in [0.15, 0.2) is 59.9 Å². The molecule has 0 spiro atoms. The number of aliphatic carboxylic acids is 1. The second-order valence-corrected chi connectivity index (χ2v) is 8.28. The predicted molar refractivity (Wildman–Crippen MR) is 130 cm³/mol. The fourth-order valence-corrected chi connectivity index (χ4v) is 4.08. The normalized spacial score (nSPS) is 15.0. The van der Waals surface area contributed by atoms with Gasteiger partial charge in [-0.2, -0.15) is 5.26 Å². The molecule has 1 aromatic carbocycles. The Morgan fingerprint density at radius 3 is 2.76 bits per heavy atom. The quantitative estimate of drug-likeness (QED) is 0.161. The number of unbranched alkanes of at least 4 members (excludes halogenated alkanes) is 1. The first-order valence-electron chi connectivity index (χ1n) is 11.5. The highest BCUT2D eigenvalue weighted by Crippen LogP contribution is 2.27. The maximum absolute atomic E-state index is 10.9. The monoisotopic (exact) mass is 445 g/mol. The highest BCUT2D eigenvalue weighted by atomic mass is 16.4. The molecule has 1 aliphatic carbocycles. The van der Waals surface area contributed by atoms with Crippen LogP contribution in [-0.4, -0.2) is 28.6 Å². The van der Waals surface area contributed by atoms with Crippen LogP contribution in [0.4, 0.5) is 5.69 Å². The van der Waals surface area contributed by atoms with Crippen molar-refractivity contribution in [1.82, 2.24) is 10.3 Å². The summed E-state index contributed by atoms with van der Waals surface area (Å²) in [4.78, 5) is 19.7. The summed E-state index contributed by atoms with van der Waals surface area (Å²) in [7, 11) is 0. The molecule has 33 heavy (non-hydrogen) atoms. The number of rotatable bonds is 9. The number of anilines is 1. The number of nitrogens with one attached hydrogen (secondary N) is 2. The molecule has 2 aromatic rings. The van der Waals surface area contributed by atoms with Gasteiger partial charge in [0.15, 0.2) is 6.19 Å². The fourth-order valence-electron chi connectivity index (χ4n) is 4.08. The lowest BCUT2D eigenvalue weighted by Gasteiger charge is -2.20. The maximum atomic E-state index is 10.9. The van der Waals surface area contributed by atoms with Crippen LogP contribution in [0.3, 0.4) is 0 Å². The minimum Gasteiger partial charge on any atom is -0.481 e. The van der Waals surface area contributed by atoms with Crippen molar-refractivity contribution in [3.8, 4) is 6.19 Å². The molecule has 1 aliphatic rings. The smallest absolute Gasteiger partial charge is 0.303 e. The number of hydrogen-bond acceptors (Lipinski definition) is 4. The molecule has 0 bridgehead atoms. The number of allylic oxidation sites excluding steroid dienone is 1. The van der Waals surface area contributed by atoms with E-state index in [1.165, 1.54) is 32.1 Å². The van der Waals surface area contributed by atoms with Crippen molar-refractivity contribution >= 4 is 23.2 Å². The van der Waals surface area contributed by atoms with Crippen LogP contribution >= 0.6 is 0 Å². The Morgan fingerprint density at radius 2 is 2.03 bits per heavy atom. The van der Waals surface area contributed by atoms with E-state index in [1.54, 1.807) is 12.4 Å². The van der Waals surface area contributed by atoms with Crippen molar-refractivity contribution in [3.05, 3.63) is 66.0 Å². The Bertz CT molecular complexity index is 1000. The van der Waals surface area contributed by atoms with Gasteiger partial charge in [0.1, 0.15) is 0 Å². The number of carbonyl (C=O) groups is 1. The standard InChI is InChI=1S/C26H31N5O2/c27-19-30-26(29-17-20-8-2-1-3-9-20)31-23-12-6-10-21(16-23)24(13-4-5-14-25(32)33)22-11-7-15-28-18-22/h6-7,10-13,15-16,18,20H,1-5,8-9,14,17H2,(H,32,33)(H2,29,30,31)/b24-13+. The third-order valence-electron chi connectivity index (χ3n) is 5.76. The van der Waals surface area contributed by atoms with Crippen LogP contribution < -0.4 is 10.6 Å². The summed E-state index contributed by atoms with van der Waals surface area (Å²) in [6.07, 6.45) is 15.1. The average molecular weight is 446 g/mol. The highest BCUT2D eigenvalue weighted by Gasteiger charge is 2.13. The van der Waals surface area contributed by atoms with Crippen molar-refractivity contribution in [2.75, 3.05) is 11.9 Å². The Morgan fingerprint density at radius 1 is 1.21 bits per heavy atom. The minimum atomic E-state index is -0.789. The van der Waals surface area contributed by atoms with Gasteiger partial charge in [0.25, 0.3) is 0 Å². The van der Waals surface area contributed by atoms with Gasteiger partial charge in [0.2, 0.25) is 5.96 Å². The lowest BCUT2D eigenvalue weighted by Crippen LogP contribution is -2.28. The third-order valence-corrected chi connectivity index (χ3v) is 5.76. The summed E-state index contributed by atoms with van der Waals surface area (Å²) in [5.41, 5.74) is 3.75. The van der Waals surface area contributed by atoms with E-state index in [0.29, 0.717) is 31.3 Å². The Hall–Kier alpha value is -3.66. The second kappa shape index (κ2) is 13.0. The summed E-state index contributed by atoms with van der Waals surface area (Å²) in [5, 5.41) is 24.0. The first-order chi connectivity index (χ1) is 16.2. The van der Waals surface area contributed by atoms with Crippen molar-refractivity contribution < 1.29 is 9.90 Å². The molecule has 1 aromatic heterocycles. The number of carboxylic acids is 1. The zero-order chi connectivity index (χ0) is 23.3. The third kappa shape index (κ3) is 8.08. The Balaban J connectivity index is 1.78. The van der Waals surface area contributed by atoms with Crippen LogP contribution in [-0.2, 0) is 4.79 Å². The molecule has 1 saturated carbocycles. The number of hydrogen-bond donors (Lipinski definition) is 3. The van der Waals surface area contributed by atoms with Crippen LogP contribution in [0, 0.1) is 17.4 Å². The van der Waals surface area contributed by atoms with Crippen LogP contribution in [0.1, 0.15) is 62.5 Å². The first-order valence-corrected chi connectivity index (χ1v) is 11.5. The molecule has 7 heteroatoms. The van der Waals surface area contributed by atoms with E-state index in [-0.39, 0.29) is 6.42 Å². The molecule has 0 aliphatic heterocycles. The molecule has 1 heterocycles. The van der Waals surface area contributed by atoms with E-state index in [4.69, 9.17) is 10.4 Å². The van der Waals surface area contributed by atoms with Crippen molar-refractivity contribution in [3.63, 3.8) is 0 Å². The minimum absolute atomic E-state index is 0.138. The molecular formula is C26H31N5O2. The molecule has 0 saturated heterocycles. The topological polar surface area (TPSA) is 110 Å². The van der Waals surface area contributed by atoms with E-state index < -0.39 is 5.97 Å². The average Bonchev–Trinajstić information content (AvgIpc) is 2.84. The second-order valence-electron chi connectivity index (χ2n) is 8.28. The fraction of sp³-hybridized carbons (Fsp3) is 0.385. The molecule has 0 unspecified atom stereocenters. The molecule has 3 rings (SSSR count). The molecule has 0 amide bonds. The van der Waals surface area contributed by atoms with Gasteiger partial charge in [-0.05, 0) is 60.9 Å². The molecule has 3 N–H and O–H groups in total. The van der Waals surface area contributed by atoms with Crippen LogP contribution in [0.2, 0.25) is 0 Å². The van der Waals surface area contributed by atoms with Crippen molar-refractivity contribution in [2.24, 2.45) is 10.9 Å².